The summed E-state index contributed by atoms with van der Waals surface area (Å²) >= 11 is 10.7. The molecule has 1 radical (unpaired) electrons. The normalized spacial score (nSPS) is 9.46. The van der Waals surface area contributed by atoms with Crippen LogP contribution in [-0.2, 0) is 0 Å². The van der Waals surface area contributed by atoms with Crippen LogP contribution >= 0.6 is 23.2 Å². The van der Waals surface area contributed by atoms with E-state index in [1.54, 1.807) is 6.07 Å². The first-order valence-electron chi connectivity index (χ1n) is 3.50. The lowest BCUT2D eigenvalue weighted by Gasteiger charge is -2.02. The van der Waals surface area contributed by atoms with Crippen molar-refractivity contribution >= 4 is 23.2 Å². The number of hydrogen-bond acceptors (Lipinski definition) is 1. The molecule has 13 heavy (non-hydrogen) atoms. The van der Waals surface area contributed by atoms with Crippen molar-refractivity contribution in [3.05, 3.63) is 40.7 Å². The Balaban J connectivity index is 2.55. The maximum Gasteiger partial charge on any atom is 0.172 e. The lowest BCUT2D eigenvalue weighted by molar-refractivity contribution is 0.341. The van der Waals surface area contributed by atoms with Crippen LogP contribution in [0.5, 0.6) is 5.75 Å². The number of rotatable bonds is 3. The second kappa shape index (κ2) is 5.10. The quantitative estimate of drug-likeness (QED) is 0.759. The van der Waals surface area contributed by atoms with Crippen LogP contribution in [0.15, 0.2) is 28.8 Å². The van der Waals surface area contributed by atoms with E-state index < -0.39 is 5.82 Å². The van der Waals surface area contributed by atoms with Gasteiger partial charge in [-0.2, -0.15) is 0 Å². The molecule has 69 valence electrons. The Morgan fingerprint density at radius 2 is 2.38 bits per heavy atom. The van der Waals surface area contributed by atoms with Crippen molar-refractivity contribution in [1.82, 2.24) is 0 Å². The molecule has 0 amide bonds. The summed E-state index contributed by atoms with van der Waals surface area (Å²) in [5.74, 6) is -0.394. The first-order valence-corrected chi connectivity index (χ1v) is 4.26. The van der Waals surface area contributed by atoms with E-state index in [2.05, 4.69) is 6.07 Å². The average molecular weight is 220 g/mol. The van der Waals surface area contributed by atoms with Gasteiger partial charge in [0.25, 0.3) is 0 Å². The van der Waals surface area contributed by atoms with E-state index in [-0.39, 0.29) is 16.8 Å². The van der Waals surface area contributed by atoms with Gasteiger partial charge in [0.2, 0.25) is 0 Å². The van der Waals surface area contributed by atoms with Gasteiger partial charge in [-0.3, -0.25) is 0 Å². The molecule has 0 bridgehead atoms. The van der Waals surface area contributed by atoms with Crippen LogP contribution in [-0.4, -0.2) is 6.61 Å². The fourth-order valence-electron chi connectivity index (χ4n) is 0.707. The summed E-state index contributed by atoms with van der Waals surface area (Å²) in [7, 11) is 0. The van der Waals surface area contributed by atoms with E-state index in [0.29, 0.717) is 0 Å². The minimum absolute atomic E-state index is 0.0975. The Morgan fingerprint density at radius 1 is 1.62 bits per heavy atom. The first kappa shape index (κ1) is 10.4. The molecule has 1 nitrogen and oxygen atoms in total. The van der Waals surface area contributed by atoms with E-state index in [1.807, 2.05) is 0 Å². The van der Waals surface area contributed by atoms with Crippen molar-refractivity contribution in [2.24, 2.45) is 0 Å². The lowest BCUT2D eigenvalue weighted by atomic mass is 10.3. The van der Waals surface area contributed by atoms with Crippen molar-refractivity contribution in [3.8, 4) is 5.75 Å². The molecule has 1 aromatic carbocycles. The summed E-state index contributed by atoms with van der Waals surface area (Å²) in [5, 5.41) is 0. The Morgan fingerprint density at radius 3 is 3.00 bits per heavy atom. The van der Waals surface area contributed by atoms with Crippen LogP contribution in [0.2, 0.25) is 0 Å². The molecular weight excluding hydrogens is 214 g/mol. The molecule has 0 fully saturated rings. The topological polar surface area (TPSA) is 9.23 Å². The van der Waals surface area contributed by atoms with Gasteiger partial charge >= 0.3 is 0 Å². The zero-order chi connectivity index (χ0) is 9.68. The first-order chi connectivity index (χ1) is 6.20. The SMILES string of the molecule is Fc1[c]cccc1OCC=C(Cl)Cl. The Bertz CT molecular complexity index is 308. The van der Waals surface area contributed by atoms with E-state index in [9.17, 15) is 4.39 Å². The monoisotopic (exact) mass is 219 g/mol. The molecular formula is C9H6Cl2FO. The van der Waals surface area contributed by atoms with Gasteiger partial charge in [0, 0.05) is 6.07 Å². The fraction of sp³-hybridized carbons (Fsp3) is 0.111. The number of hydrogen-bond donors (Lipinski definition) is 0. The molecule has 0 saturated carbocycles. The van der Waals surface area contributed by atoms with Crippen molar-refractivity contribution in [2.45, 2.75) is 0 Å². The van der Waals surface area contributed by atoms with Gasteiger partial charge < -0.3 is 4.74 Å². The van der Waals surface area contributed by atoms with Crippen LogP contribution in [0, 0.1) is 11.9 Å². The zero-order valence-corrected chi connectivity index (χ0v) is 8.07. The van der Waals surface area contributed by atoms with Crippen molar-refractivity contribution < 1.29 is 9.13 Å². The summed E-state index contributed by atoms with van der Waals surface area (Å²) in [6.45, 7) is 0.136. The molecule has 0 atom stereocenters. The third-order valence-electron chi connectivity index (χ3n) is 1.25. The number of ether oxygens (including phenoxy) is 1. The van der Waals surface area contributed by atoms with Gasteiger partial charge in [0.15, 0.2) is 11.6 Å². The smallest absolute Gasteiger partial charge is 0.172 e. The fourth-order valence-corrected chi connectivity index (χ4v) is 0.833. The number of benzene rings is 1. The maximum atomic E-state index is 12.8. The molecule has 0 aliphatic carbocycles. The highest BCUT2D eigenvalue weighted by Crippen LogP contribution is 2.15. The highest BCUT2D eigenvalue weighted by molar-refractivity contribution is 6.55. The molecule has 4 heteroatoms. The molecule has 0 spiro atoms. The van der Waals surface area contributed by atoms with Crippen LogP contribution in [0.1, 0.15) is 0 Å². The Labute approximate surface area is 85.7 Å². The molecule has 0 heterocycles. The van der Waals surface area contributed by atoms with Crippen LogP contribution in [0.3, 0.4) is 0 Å². The molecule has 0 aliphatic rings. The molecule has 0 N–H and O–H groups in total. The van der Waals surface area contributed by atoms with Crippen LogP contribution in [0.4, 0.5) is 4.39 Å². The predicted octanol–water partition coefficient (Wildman–Crippen LogP) is 3.32. The maximum absolute atomic E-state index is 12.8. The molecule has 0 unspecified atom stereocenters. The molecule has 0 aliphatic heterocycles. The van der Waals surface area contributed by atoms with Gasteiger partial charge in [-0.1, -0.05) is 35.3 Å². The number of halogens is 3. The Hall–Kier alpha value is -0.730. The van der Waals surface area contributed by atoms with Crippen molar-refractivity contribution in [2.75, 3.05) is 6.61 Å². The summed E-state index contributed by atoms with van der Waals surface area (Å²) in [5.41, 5.74) is 0. The largest absolute Gasteiger partial charge is 0.486 e. The Kier molecular flexibility index (Phi) is 4.06. The van der Waals surface area contributed by atoms with Gasteiger partial charge in [-0.25, -0.2) is 4.39 Å². The molecule has 0 saturated heterocycles. The zero-order valence-electron chi connectivity index (χ0n) is 6.56. The summed E-state index contributed by atoms with van der Waals surface area (Å²) in [4.78, 5) is 0. The third-order valence-corrected chi connectivity index (χ3v) is 1.56. The van der Waals surface area contributed by atoms with E-state index >= 15 is 0 Å². The predicted molar refractivity (Wildman–Crippen MR) is 50.5 cm³/mol. The third kappa shape index (κ3) is 3.66. The highest BCUT2D eigenvalue weighted by atomic mass is 35.5. The second-order valence-electron chi connectivity index (χ2n) is 2.15. The molecule has 0 aromatic heterocycles. The van der Waals surface area contributed by atoms with E-state index in [1.165, 1.54) is 18.2 Å². The van der Waals surface area contributed by atoms with E-state index in [4.69, 9.17) is 27.9 Å². The van der Waals surface area contributed by atoms with Crippen LogP contribution in [0.25, 0.3) is 0 Å². The molecule has 1 rings (SSSR count). The van der Waals surface area contributed by atoms with Crippen LogP contribution < -0.4 is 4.74 Å². The van der Waals surface area contributed by atoms with Gasteiger partial charge in [-0.15, -0.1) is 0 Å². The summed E-state index contributed by atoms with van der Waals surface area (Å²) in [6, 6.07) is 6.96. The van der Waals surface area contributed by atoms with Crippen molar-refractivity contribution in [1.29, 1.82) is 0 Å². The minimum Gasteiger partial charge on any atom is -0.486 e. The standard InChI is InChI=1S/C9H6Cl2FO/c10-9(11)5-6-13-8-4-2-1-3-7(8)12/h1-2,4-5H,6H2. The average Bonchev–Trinajstić information content (AvgIpc) is 2.08. The van der Waals surface area contributed by atoms with Gasteiger partial charge in [0.1, 0.15) is 11.1 Å². The second-order valence-corrected chi connectivity index (χ2v) is 3.16. The molecule has 1 aromatic rings. The lowest BCUT2D eigenvalue weighted by Crippen LogP contribution is -1.95. The van der Waals surface area contributed by atoms with Gasteiger partial charge in [-0.05, 0) is 12.1 Å². The summed E-state index contributed by atoms with van der Waals surface area (Å²) < 4.78 is 17.9. The summed E-state index contributed by atoms with van der Waals surface area (Å²) in [6.07, 6.45) is 1.43. The van der Waals surface area contributed by atoms with Gasteiger partial charge in [0.05, 0.1) is 0 Å². The minimum atomic E-state index is -0.526. The van der Waals surface area contributed by atoms with Crippen molar-refractivity contribution in [3.63, 3.8) is 0 Å². The highest BCUT2D eigenvalue weighted by Gasteiger charge is 1.99. The van der Waals surface area contributed by atoms with E-state index in [0.717, 1.165) is 0 Å².